The fraction of sp³-hybridized carbons (Fsp3) is 0.217. The second-order valence-corrected chi connectivity index (χ2v) is 7.10. The molecule has 0 fully saturated rings. The highest BCUT2D eigenvalue weighted by atomic mass is 16.6. The molecule has 0 aliphatic carbocycles. The number of hydrazone groups is 1. The number of para-hydroxylation sites is 2. The summed E-state index contributed by atoms with van der Waals surface area (Å²) in [4.78, 5) is 12.4. The molecule has 2 aromatic carbocycles. The van der Waals surface area contributed by atoms with Gasteiger partial charge in [0.05, 0.1) is 6.21 Å². The predicted molar refractivity (Wildman–Crippen MR) is 112 cm³/mol. The number of carbonyl (C=O) groups excluding carboxylic acids is 1. The quantitative estimate of drug-likeness (QED) is 0.547. The maximum atomic E-state index is 12.4. The van der Waals surface area contributed by atoms with Crippen molar-refractivity contribution in [1.82, 2.24) is 9.99 Å². The topological polar surface area (TPSA) is 64.9 Å². The number of carbonyl (C=O) groups is 1. The minimum Gasteiger partial charge on any atom is -0.485 e. The highest BCUT2D eigenvalue weighted by Crippen LogP contribution is 2.30. The second-order valence-electron chi connectivity index (χ2n) is 7.10. The van der Waals surface area contributed by atoms with Crippen molar-refractivity contribution in [3.05, 3.63) is 77.1 Å². The van der Waals surface area contributed by atoms with Crippen molar-refractivity contribution in [2.24, 2.45) is 5.10 Å². The Balaban J connectivity index is 1.44. The van der Waals surface area contributed by atoms with Crippen molar-refractivity contribution in [1.29, 1.82) is 0 Å². The normalized spacial score (nSPS) is 15.5. The number of hydrogen-bond acceptors (Lipinski definition) is 4. The van der Waals surface area contributed by atoms with E-state index in [9.17, 15) is 4.79 Å². The van der Waals surface area contributed by atoms with Crippen LogP contribution in [-0.4, -0.2) is 29.4 Å². The van der Waals surface area contributed by atoms with E-state index in [2.05, 4.69) is 46.3 Å². The lowest BCUT2D eigenvalue weighted by molar-refractivity contribution is -0.130. The number of amides is 1. The van der Waals surface area contributed by atoms with Gasteiger partial charge in [0.1, 0.15) is 6.61 Å². The molecule has 3 aromatic rings. The van der Waals surface area contributed by atoms with E-state index in [1.807, 2.05) is 38.1 Å². The maximum absolute atomic E-state index is 12.4. The monoisotopic (exact) mass is 389 g/mol. The minimum absolute atomic E-state index is 0.153. The number of hydrogen-bond donors (Lipinski definition) is 1. The molecule has 6 heteroatoms. The number of fused-ring (bicyclic) bond motifs is 1. The Morgan fingerprint density at radius 1 is 1.10 bits per heavy atom. The Hall–Kier alpha value is -3.54. The zero-order valence-electron chi connectivity index (χ0n) is 16.7. The predicted octanol–water partition coefficient (Wildman–Crippen LogP) is 3.69. The Bertz CT molecular complexity index is 1070. The lowest BCUT2D eigenvalue weighted by atomic mass is 10.2. The number of nitrogens with one attached hydrogen (secondary N) is 1. The van der Waals surface area contributed by atoms with Crippen molar-refractivity contribution in [2.75, 3.05) is 6.61 Å². The minimum atomic E-state index is -0.734. The van der Waals surface area contributed by atoms with Gasteiger partial charge in [-0.2, -0.15) is 5.10 Å². The first-order chi connectivity index (χ1) is 14.0. The molecule has 1 aliphatic heterocycles. The van der Waals surface area contributed by atoms with Gasteiger partial charge in [-0.1, -0.05) is 29.8 Å². The molecule has 0 saturated carbocycles. The summed E-state index contributed by atoms with van der Waals surface area (Å²) < 4.78 is 13.4. The van der Waals surface area contributed by atoms with Crippen LogP contribution in [-0.2, 0) is 4.79 Å². The van der Waals surface area contributed by atoms with Crippen molar-refractivity contribution >= 4 is 12.1 Å². The maximum Gasteiger partial charge on any atom is 0.284 e. The molecule has 6 nitrogen and oxygen atoms in total. The lowest BCUT2D eigenvalue weighted by Gasteiger charge is -2.24. The summed E-state index contributed by atoms with van der Waals surface area (Å²) in [5, 5.41) is 4.12. The third-order valence-corrected chi connectivity index (χ3v) is 4.94. The molecular weight excluding hydrogens is 366 g/mol. The van der Waals surface area contributed by atoms with E-state index in [-0.39, 0.29) is 12.5 Å². The molecule has 1 amide bonds. The number of rotatable bonds is 4. The summed E-state index contributed by atoms with van der Waals surface area (Å²) in [5.74, 6) is 0.858. The molecular formula is C23H23N3O3. The largest absolute Gasteiger partial charge is 0.485 e. The van der Waals surface area contributed by atoms with Crippen LogP contribution in [0.2, 0.25) is 0 Å². The summed E-state index contributed by atoms with van der Waals surface area (Å²) in [6.45, 7) is 6.30. The molecule has 0 spiro atoms. The van der Waals surface area contributed by atoms with E-state index in [4.69, 9.17) is 9.47 Å². The number of ether oxygens (including phenoxy) is 2. The smallest absolute Gasteiger partial charge is 0.284 e. The van der Waals surface area contributed by atoms with Gasteiger partial charge in [-0.05, 0) is 51.1 Å². The Labute approximate surface area is 169 Å². The molecule has 148 valence electrons. The average Bonchev–Trinajstić information content (AvgIpc) is 3.01. The highest BCUT2D eigenvalue weighted by molar-refractivity contribution is 5.86. The third kappa shape index (κ3) is 3.87. The van der Waals surface area contributed by atoms with E-state index in [0.29, 0.717) is 11.5 Å². The van der Waals surface area contributed by atoms with Crippen LogP contribution in [0.25, 0.3) is 5.69 Å². The molecule has 0 bridgehead atoms. The molecule has 2 heterocycles. The van der Waals surface area contributed by atoms with Gasteiger partial charge >= 0.3 is 0 Å². The van der Waals surface area contributed by atoms with Crippen molar-refractivity contribution < 1.29 is 14.3 Å². The zero-order valence-corrected chi connectivity index (χ0v) is 16.7. The van der Waals surface area contributed by atoms with E-state index >= 15 is 0 Å². The number of aryl methyl sites for hydroxylation is 2. The van der Waals surface area contributed by atoms with Gasteiger partial charge in [-0.25, -0.2) is 5.43 Å². The molecule has 0 saturated heterocycles. The summed E-state index contributed by atoms with van der Waals surface area (Å²) in [5.41, 5.74) is 7.96. The van der Waals surface area contributed by atoms with Gasteiger partial charge in [-0.15, -0.1) is 0 Å². The van der Waals surface area contributed by atoms with E-state index in [0.717, 1.165) is 22.6 Å². The third-order valence-electron chi connectivity index (χ3n) is 4.94. The molecule has 1 N–H and O–H groups in total. The van der Waals surface area contributed by atoms with Gasteiger partial charge in [0, 0.05) is 22.6 Å². The molecule has 1 aromatic heterocycles. The summed E-state index contributed by atoms with van der Waals surface area (Å²) in [6.07, 6.45) is 0.921. The van der Waals surface area contributed by atoms with Crippen molar-refractivity contribution in [3.63, 3.8) is 0 Å². The molecule has 4 rings (SSSR count). The molecule has 29 heavy (non-hydrogen) atoms. The van der Waals surface area contributed by atoms with Gasteiger partial charge < -0.3 is 14.0 Å². The Morgan fingerprint density at radius 3 is 2.59 bits per heavy atom. The Morgan fingerprint density at radius 2 is 1.83 bits per heavy atom. The fourth-order valence-electron chi connectivity index (χ4n) is 3.40. The number of nitrogens with zero attached hydrogens (tertiary/aromatic N) is 2. The molecule has 0 unspecified atom stereocenters. The van der Waals surface area contributed by atoms with Crippen LogP contribution in [0.4, 0.5) is 0 Å². The lowest BCUT2D eigenvalue weighted by Crippen LogP contribution is -2.42. The van der Waals surface area contributed by atoms with Crippen LogP contribution >= 0.6 is 0 Å². The highest BCUT2D eigenvalue weighted by Gasteiger charge is 2.27. The van der Waals surface area contributed by atoms with E-state index in [1.54, 1.807) is 12.3 Å². The van der Waals surface area contributed by atoms with Crippen molar-refractivity contribution in [3.8, 4) is 17.2 Å². The van der Waals surface area contributed by atoms with Crippen LogP contribution in [0.1, 0.15) is 22.5 Å². The van der Waals surface area contributed by atoms with Crippen molar-refractivity contribution in [2.45, 2.75) is 26.9 Å². The SMILES string of the molecule is Cc1ccc(-n2c(C)cc(/C=N\NC(=O)[C@@H]3COc4ccccc4O3)c2C)cc1. The first-order valence-corrected chi connectivity index (χ1v) is 9.50. The van der Waals surface area contributed by atoms with Gasteiger partial charge in [0.2, 0.25) is 6.10 Å². The van der Waals surface area contributed by atoms with Crippen LogP contribution in [0.5, 0.6) is 11.5 Å². The first kappa shape index (κ1) is 18.8. The van der Waals surface area contributed by atoms with Gasteiger partial charge in [0.25, 0.3) is 5.91 Å². The van der Waals surface area contributed by atoms with Gasteiger partial charge in [0.15, 0.2) is 11.5 Å². The van der Waals surface area contributed by atoms with E-state index < -0.39 is 6.10 Å². The van der Waals surface area contributed by atoms with Crippen LogP contribution in [0.3, 0.4) is 0 Å². The second kappa shape index (κ2) is 7.83. The fourth-order valence-corrected chi connectivity index (χ4v) is 3.40. The average molecular weight is 389 g/mol. The number of benzene rings is 2. The number of aromatic nitrogens is 1. The van der Waals surface area contributed by atoms with Crippen LogP contribution in [0, 0.1) is 20.8 Å². The van der Waals surface area contributed by atoms with Crippen LogP contribution < -0.4 is 14.9 Å². The van der Waals surface area contributed by atoms with Crippen LogP contribution in [0.15, 0.2) is 59.7 Å². The standard InChI is InChI=1S/C23H23N3O3/c1-15-8-10-19(11-9-15)26-16(2)12-18(17(26)3)13-24-25-23(27)22-14-28-20-6-4-5-7-21(20)29-22/h4-13,22H,14H2,1-3H3,(H,25,27)/b24-13-/t22-/m0/s1. The first-order valence-electron chi connectivity index (χ1n) is 9.50. The molecule has 1 aliphatic rings. The zero-order chi connectivity index (χ0) is 20.4. The summed E-state index contributed by atoms with van der Waals surface area (Å²) in [6, 6.07) is 17.7. The molecule has 1 atom stereocenters. The van der Waals surface area contributed by atoms with E-state index in [1.165, 1.54) is 5.56 Å². The van der Waals surface area contributed by atoms with Gasteiger partial charge in [-0.3, -0.25) is 4.79 Å². The summed E-state index contributed by atoms with van der Waals surface area (Å²) >= 11 is 0. The Kier molecular flexibility index (Phi) is 5.08. The summed E-state index contributed by atoms with van der Waals surface area (Å²) in [7, 11) is 0. The molecule has 0 radical (unpaired) electrons.